The third kappa shape index (κ3) is 12.5. The number of aliphatic hydroxyl groups is 1. The number of urea groups is 1. The lowest BCUT2D eigenvalue weighted by molar-refractivity contribution is -0.128. The van der Waals surface area contributed by atoms with Crippen molar-refractivity contribution in [2.45, 2.75) is 95.8 Å². The van der Waals surface area contributed by atoms with E-state index < -0.39 is 54.2 Å². The summed E-state index contributed by atoms with van der Waals surface area (Å²) in [6.07, 6.45) is 2.73. The first-order valence-corrected chi connectivity index (χ1v) is 24.3. The Labute approximate surface area is 423 Å². The molecule has 3 aromatic carbocycles. The Bertz CT molecular complexity index is 2640. The summed E-state index contributed by atoms with van der Waals surface area (Å²) in [6.45, 7) is 12.9. The van der Waals surface area contributed by atoms with Crippen molar-refractivity contribution in [3.05, 3.63) is 89.5 Å². The Morgan fingerprint density at radius 3 is 2.11 bits per heavy atom. The summed E-state index contributed by atoms with van der Waals surface area (Å²) in [5, 5.41) is 19.8. The highest BCUT2D eigenvalue weighted by Crippen LogP contribution is 2.43. The molecule has 0 spiro atoms. The summed E-state index contributed by atoms with van der Waals surface area (Å²) in [4.78, 5) is 87.9. The van der Waals surface area contributed by atoms with Gasteiger partial charge in [-0.05, 0) is 80.7 Å². The molecule has 3 aromatic rings. The molecule has 4 aliphatic heterocycles. The molecular formula is C52H65N9O12. The number of nitrogens with two attached hydrogens (primary N) is 2. The van der Waals surface area contributed by atoms with Crippen LogP contribution in [-0.2, 0) is 20.9 Å². The van der Waals surface area contributed by atoms with Gasteiger partial charge in [-0.25, -0.2) is 14.5 Å². The molecule has 0 bridgehead atoms. The van der Waals surface area contributed by atoms with E-state index in [1.54, 1.807) is 61.4 Å². The second-order valence-electron chi connectivity index (χ2n) is 18.8. The highest BCUT2D eigenvalue weighted by Gasteiger charge is 2.46. The molecule has 0 aliphatic carbocycles. The number of hydrogen-bond donors (Lipinski definition) is 6. The van der Waals surface area contributed by atoms with Gasteiger partial charge in [0.15, 0.2) is 29.2 Å². The van der Waals surface area contributed by atoms with Crippen molar-refractivity contribution in [1.82, 2.24) is 20.4 Å². The summed E-state index contributed by atoms with van der Waals surface area (Å²) in [5.74, 6) is -0.363. The van der Waals surface area contributed by atoms with E-state index in [1.165, 1.54) is 31.3 Å². The second-order valence-corrected chi connectivity index (χ2v) is 18.8. The molecule has 7 amide bonds. The lowest BCUT2D eigenvalue weighted by Gasteiger charge is -2.31. The van der Waals surface area contributed by atoms with Crippen molar-refractivity contribution in [3.8, 4) is 23.0 Å². The number of carbonyl (C=O) groups excluding carboxylic acids is 6. The van der Waals surface area contributed by atoms with Crippen LogP contribution in [0, 0.1) is 5.92 Å². The number of rotatable bonds is 21. The minimum Gasteiger partial charge on any atom is -0.493 e. The molecule has 2 unspecified atom stereocenters. The number of hydrogen-bond acceptors (Lipinski definition) is 14. The first kappa shape index (κ1) is 53.2. The smallest absolute Gasteiger partial charge is 0.416 e. The number of nitrogens with zero attached hydrogens (tertiary/aromatic N) is 4. The van der Waals surface area contributed by atoms with Gasteiger partial charge in [-0.1, -0.05) is 50.3 Å². The van der Waals surface area contributed by atoms with Gasteiger partial charge < -0.3 is 66.0 Å². The standard InChI is InChI=1S/C52H65N9O12/c1-29(2)45(53)47(63)58-37(11-10-16-55-51(54)67)46(62)57-33-14-12-32(13-15-33)28-73-52(68)61-39-24-44(42(70-6)22-36(39)49(65)60-27-31(4)20-40(60)50(61)66)72-18-9-7-8-17-71-43-23-38-35(21-41(43)69-5)48(64)59-26-30(3)19-34(59)25-56-38/h12-15,21-25,29,34,37,40,45,50,66H,3-4,7-11,16-20,26-28,53H2,1-2,5-6H3,(H,57,62)(H,58,63)(H3,54,55,67)/t34-,37-,40?,45-,50?/m0/s1. The van der Waals surface area contributed by atoms with Gasteiger partial charge in [0.2, 0.25) is 11.8 Å². The van der Waals surface area contributed by atoms with Crippen molar-refractivity contribution in [2.75, 3.05) is 57.3 Å². The number of fused-ring (bicyclic) bond motifs is 4. The van der Waals surface area contributed by atoms with Crippen molar-refractivity contribution in [3.63, 3.8) is 0 Å². The maximum absolute atomic E-state index is 14.1. The van der Waals surface area contributed by atoms with Crippen LogP contribution in [-0.4, -0.2) is 134 Å². The van der Waals surface area contributed by atoms with Gasteiger partial charge in [-0.3, -0.25) is 24.2 Å². The van der Waals surface area contributed by atoms with Crippen LogP contribution < -0.4 is 51.3 Å². The van der Waals surface area contributed by atoms with Gasteiger partial charge in [-0.15, -0.1) is 0 Å². The second kappa shape index (κ2) is 23.7. The minimum atomic E-state index is -1.52. The normalized spacial score (nSPS) is 18.7. The average molecular weight is 1010 g/mol. The molecule has 2 saturated heterocycles. The number of primary amides is 1. The number of ether oxygens (including phenoxy) is 5. The van der Waals surface area contributed by atoms with Crippen molar-refractivity contribution >= 4 is 59.0 Å². The summed E-state index contributed by atoms with van der Waals surface area (Å²) in [7, 11) is 2.96. The molecule has 7 rings (SSSR count). The summed E-state index contributed by atoms with van der Waals surface area (Å²) < 4.78 is 29.4. The molecule has 8 N–H and O–H groups in total. The fraction of sp³-hybridized carbons (Fsp3) is 0.442. The predicted molar refractivity (Wildman–Crippen MR) is 271 cm³/mol. The number of nitrogens with one attached hydrogen (secondary N) is 3. The highest BCUT2D eigenvalue weighted by molar-refractivity contribution is 6.06. The molecule has 21 nitrogen and oxygen atoms in total. The number of benzene rings is 3. The van der Waals surface area contributed by atoms with Gasteiger partial charge >= 0.3 is 12.1 Å². The van der Waals surface area contributed by atoms with Crippen LogP contribution >= 0.6 is 0 Å². The Hall–Kier alpha value is -7.65. The fourth-order valence-corrected chi connectivity index (χ4v) is 9.02. The molecule has 2 fully saturated rings. The van der Waals surface area contributed by atoms with Gasteiger partial charge in [0.05, 0.1) is 68.1 Å². The maximum Gasteiger partial charge on any atom is 0.416 e. The largest absolute Gasteiger partial charge is 0.493 e. The van der Waals surface area contributed by atoms with Crippen LogP contribution in [0.4, 0.5) is 26.7 Å². The highest BCUT2D eigenvalue weighted by atomic mass is 16.6. The van der Waals surface area contributed by atoms with Crippen LogP contribution in [0.25, 0.3) is 0 Å². The van der Waals surface area contributed by atoms with Crippen LogP contribution in [0.1, 0.15) is 85.1 Å². The van der Waals surface area contributed by atoms with Gasteiger partial charge in [-0.2, -0.15) is 0 Å². The molecule has 390 valence electrons. The first-order valence-electron chi connectivity index (χ1n) is 24.3. The molecule has 4 heterocycles. The van der Waals surface area contributed by atoms with E-state index in [0.717, 1.165) is 10.5 Å². The first-order chi connectivity index (χ1) is 35.0. The zero-order valence-corrected chi connectivity index (χ0v) is 41.6. The van der Waals surface area contributed by atoms with Gasteiger partial charge in [0.25, 0.3) is 11.8 Å². The molecular weight excluding hydrogens is 943 g/mol. The summed E-state index contributed by atoms with van der Waals surface area (Å²) in [5.41, 5.74) is 14.9. The van der Waals surface area contributed by atoms with Crippen molar-refractivity contribution < 1.29 is 57.6 Å². The Morgan fingerprint density at radius 2 is 1.45 bits per heavy atom. The van der Waals surface area contributed by atoms with Crippen LogP contribution in [0.2, 0.25) is 0 Å². The Balaban J connectivity index is 0.978. The average Bonchev–Trinajstić information content (AvgIpc) is 3.91. The zero-order valence-electron chi connectivity index (χ0n) is 41.6. The van der Waals surface area contributed by atoms with E-state index in [1.807, 2.05) is 0 Å². The SMILES string of the molecule is C=C1CC2C(O)N(C(=O)OCc3ccc(NC(=O)[C@H](CCCNC(N)=O)NC(=O)[C@@H](N)C(C)C)cc3)c3cc(OCCCCCOc4cc5c(cc4OC)C(=O)N4CC(=C)C[C@H]4C=N5)c(OC)cc3C(=O)N2C1. The number of aliphatic hydroxyl groups excluding tert-OH is 1. The summed E-state index contributed by atoms with van der Waals surface area (Å²) in [6, 6.07) is 9.37. The zero-order chi connectivity index (χ0) is 52.5. The number of amides is 7. The van der Waals surface area contributed by atoms with Crippen LogP contribution in [0.3, 0.4) is 0 Å². The molecule has 5 atom stereocenters. The third-order valence-electron chi connectivity index (χ3n) is 13.1. The molecule has 0 radical (unpaired) electrons. The van der Waals surface area contributed by atoms with E-state index in [-0.39, 0.29) is 79.8 Å². The van der Waals surface area contributed by atoms with Gasteiger partial charge in [0.1, 0.15) is 12.6 Å². The van der Waals surface area contributed by atoms with E-state index in [4.69, 9.17) is 35.2 Å². The van der Waals surface area contributed by atoms with E-state index in [0.29, 0.717) is 84.8 Å². The van der Waals surface area contributed by atoms with Crippen molar-refractivity contribution in [2.24, 2.45) is 22.4 Å². The maximum atomic E-state index is 14.1. The fourth-order valence-electron chi connectivity index (χ4n) is 9.02. The quantitative estimate of drug-likeness (QED) is 0.0612. The Morgan fingerprint density at radius 1 is 0.822 bits per heavy atom. The topological polar surface area (TPSA) is 279 Å². The third-order valence-corrected chi connectivity index (χ3v) is 13.1. The monoisotopic (exact) mass is 1010 g/mol. The van der Waals surface area contributed by atoms with E-state index in [9.17, 15) is 33.9 Å². The number of aliphatic imine (C=N–C) groups is 1. The number of unbranched alkanes of at least 4 members (excludes halogenated alkanes) is 2. The molecule has 21 heteroatoms. The molecule has 0 aromatic heterocycles. The number of anilines is 2. The molecule has 4 aliphatic rings. The lowest BCUT2D eigenvalue weighted by atomic mass is 10.0. The molecule has 0 saturated carbocycles. The molecule has 73 heavy (non-hydrogen) atoms. The van der Waals surface area contributed by atoms with Crippen LogP contribution in [0.5, 0.6) is 23.0 Å². The van der Waals surface area contributed by atoms with Gasteiger partial charge in [0, 0.05) is 43.7 Å². The Kier molecular flexibility index (Phi) is 17.3. The van der Waals surface area contributed by atoms with Crippen LogP contribution in [0.15, 0.2) is 77.8 Å². The predicted octanol–water partition coefficient (Wildman–Crippen LogP) is 4.92. The van der Waals surface area contributed by atoms with E-state index >= 15 is 0 Å². The van der Waals surface area contributed by atoms with E-state index in [2.05, 4.69) is 34.1 Å². The van der Waals surface area contributed by atoms with Crippen molar-refractivity contribution in [1.29, 1.82) is 0 Å². The number of carbonyl (C=O) groups is 6. The minimum absolute atomic E-state index is 0.0674. The number of methoxy groups -OCH3 is 2. The summed E-state index contributed by atoms with van der Waals surface area (Å²) >= 11 is 0. The lowest BCUT2D eigenvalue weighted by Crippen LogP contribution is -2.51.